The second-order valence-electron chi connectivity index (χ2n) is 6.21. The zero-order chi connectivity index (χ0) is 20.6. The molecule has 2 N–H and O–H groups in total. The highest BCUT2D eigenvalue weighted by Gasteiger charge is 2.29. The summed E-state index contributed by atoms with van der Waals surface area (Å²) in [5.74, 6) is 2.09. The lowest BCUT2D eigenvalue weighted by Gasteiger charge is -2.13. The highest BCUT2D eigenvalue weighted by Crippen LogP contribution is 2.29. The fourth-order valence-corrected chi connectivity index (χ4v) is 2.33. The standard InChI is InChI=1S/C18H25F3N6O.HI/c1-13-25-26-16(27(13)2)12-24-17(22-9-4-10-28-3)23-11-14-5-7-15(8-6-14)18(19,20)21;/h5-8H,4,9-12H2,1-3H3,(H2,22,23,24);1H. The van der Waals surface area contributed by atoms with Crippen LogP contribution in [0.3, 0.4) is 0 Å². The molecule has 0 saturated heterocycles. The summed E-state index contributed by atoms with van der Waals surface area (Å²) in [6, 6.07) is 4.99. The van der Waals surface area contributed by atoms with Gasteiger partial charge in [0.25, 0.3) is 0 Å². The Morgan fingerprint density at radius 1 is 1.17 bits per heavy atom. The SMILES string of the molecule is COCCCNC(=NCc1ccc(C(F)(F)F)cc1)NCc1nnc(C)n1C.I. The molecule has 2 rings (SSSR count). The van der Waals surface area contributed by atoms with Gasteiger partial charge in [-0.05, 0) is 31.0 Å². The van der Waals surface area contributed by atoms with E-state index in [1.54, 1.807) is 7.11 Å². The van der Waals surface area contributed by atoms with E-state index >= 15 is 0 Å². The van der Waals surface area contributed by atoms with E-state index in [4.69, 9.17) is 4.74 Å². The first-order chi connectivity index (χ1) is 13.3. The first-order valence-electron chi connectivity index (χ1n) is 8.83. The Morgan fingerprint density at radius 2 is 1.86 bits per heavy atom. The molecular formula is C18H26F3IN6O. The van der Waals surface area contributed by atoms with E-state index in [0.29, 0.717) is 31.2 Å². The van der Waals surface area contributed by atoms with Gasteiger partial charge in [-0.15, -0.1) is 34.2 Å². The lowest BCUT2D eigenvalue weighted by Crippen LogP contribution is -2.38. The molecule has 0 aliphatic rings. The average molecular weight is 526 g/mol. The predicted molar refractivity (Wildman–Crippen MR) is 115 cm³/mol. The second-order valence-corrected chi connectivity index (χ2v) is 6.21. The summed E-state index contributed by atoms with van der Waals surface area (Å²) in [6.45, 7) is 3.78. The van der Waals surface area contributed by atoms with Crippen molar-refractivity contribution in [3.8, 4) is 0 Å². The van der Waals surface area contributed by atoms with E-state index in [1.165, 1.54) is 12.1 Å². The van der Waals surface area contributed by atoms with Crippen LogP contribution < -0.4 is 10.6 Å². The van der Waals surface area contributed by atoms with E-state index < -0.39 is 11.7 Å². The summed E-state index contributed by atoms with van der Waals surface area (Å²) < 4.78 is 44.9. The molecule has 0 atom stereocenters. The Bertz CT molecular complexity index is 777. The summed E-state index contributed by atoms with van der Waals surface area (Å²) in [7, 11) is 3.51. The molecule has 0 radical (unpaired) electrons. The fraction of sp³-hybridized carbons (Fsp3) is 0.500. The number of rotatable bonds is 8. The molecule has 0 unspecified atom stereocenters. The van der Waals surface area contributed by atoms with Gasteiger partial charge < -0.3 is 19.9 Å². The van der Waals surface area contributed by atoms with E-state index in [-0.39, 0.29) is 30.5 Å². The van der Waals surface area contributed by atoms with Gasteiger partial charge in [0, 0.05) is 27.3 Å². The highest BCUT2D eigenvalue weighted by molar-refractivity contribution is 14.0. The van der Waals surface area contributed by atoms with Crippen molar-refractivity contribution in [1.82, 2.24) is 25.4 Å². The zero-order valence-electron chi connectivity index (χ0n) is 16.6. The number of aromatic nitrogens is 3. The molecular weight excluding hydrogens is 500 g/mol. The van der Waals surface area contributed by atoms with E-state index in [9.17, 15) is 13.2 Å². The van der Waals surface area contributed by atoms with Gasteiger partial charge in [-0.3, -0.25) is 0 Å². The number of guanidine groups is 1. The predicted octanol–water partition coefficient (Wildman–Crippen LogP) is 3.03. The van der Waals surface area contributed by atoms with Crippen LogP contribution in [0.25, 0.3) is 0 Å². The van der Waals surface area contributed by atoms with Gasteiger partial charge in [-0.25, -0.2) is 4.99 Å². The Labute approximate surface area is 185 Å². The van der Waals surface area contributed by atoms with Gasteiger partial charge in [0.05, 0.1) is 18.7 Å². The number of hydrogen-bond acceptors (Lipinski definition) is 4. The third-order valence-corrected chi connectivity index (χ3v) is 4.12. The van der Waals surface area contributed by atoms with E-state index in [0.717, 1.165) is 30.2 Å². The van der Waals surface area contributed by atoms with Crippen LogP contribution in [0.2, 0.25) is 0 Å². The van der Waals surface area contributed by atoms with Gasteiger partial charge in [0.1, 0.15) is 5.82 Å². The van der Waals surface area contributed by atoms with Crippen LogP contribution in [-0.2, 0) is 31.1 Å². The van der Waals surface area contributed by atoms with Gasteiger partial charge in [-0.2, -0.15) is 13.2 Å². The number of ether oxygens (including phenoxy) is 1. The molecule has 7 nitrogen and oxygen atoms in total. The van der Waals surface area contributed by atoms with Crippen LogP contribution in [0.5, 0.6) is 0 Å². The second kappa shape index (κ2) is 12.0. The quantitative estimate of drug-likeness (QED) is 0.240. The third-order valence-electron chi connectivity index (χ3n) is 4.12. The Hall–Kier alpha value is -1.89. The van der Waals surface area contributed by atoms with Crippen molar-refractivity contribution in [1.29, 1.82) is 0 Å². The van der Waals surface area contributed by atoms with Gasteiger partial charge in [-0.1, -0.05) is 12.1 Å². The summed E-state index contributed by atoms with van der Waals surface area (Å²) in [5.41, 5.74) is 0.00872. The van der Waals surface area contributed by atoms with Crippen LogP contribution in [0.4, 0.5) is 13.2 Å². The number of nitrogens with one attached hydrogen (secondary N) is 2. The first-order valence-corrected chi connectivity index (χ1v) is 8.83. The number of aryl methyl sites for hydroxylation is 1. The highest BCUT2D eigenvalue weighted by atomic mass is 127. The maximum Gasteiger partial charge on any atom is 0.416 e. The molecule has 0 amide bonds. The smallest absolute Gasteiger partial charge is 0.385 e. The van der Waals surface area contributed by atoms with Gasteiger partial charge >= 0.3 is 6.18 Å². The molecule has 1 aromatic carbocycles. The van der Waals surface area contributed by atoms with Gasteiger partial charge in [0.2, 0.25) is 0 Å². The number of nitrogens with zero attached hydrogens (tertiary/aromatic N) is 4. The number of alkyl halides is 3. The molecule has 0 fully saturated rings. The van der Waals surface area contributed by atoms with E-state index in [1.807, 2.05) is 18.5 Å². The summed E-state index contributed by atoms with van der Waals surface area (Å²) >= 11 is 0. The molecule has 0 bridgehead atoms. The van der Waals surface area contributed by atoms with Crippen LogP contribution in [0, 0.1) is 6.92 Å². The third kappa shape index (κ3) is 8.17. The molecule has 11 heteroatoms. The Morgan fingerprint density at radius 3 is 2.41 bits per heavy atom. The molecule has 162 valence electrons. The van der Waals surface area contributed by atoms with Crippen molar-refractivity contribution in [2.75, 3.05) is 20.3 Å². The lowest BCUT2D eigenvalue weighted by atomic mass is 10.1. The number of halogens is 4. The molecule has 0 aliphatic heterocycles. The van der Waals surface area contributed by atoms with Gasteiger partial charge in [0.15, 0.2) is 11.8 Å². The lowest BCUT2D eigenvalue weighted by molar-refractivity contribution is -0.137. The molecule has 0 spiro atoms. The summed E-state index contributed by atoms with van der Waals surface area (Å²) in [4.78, 5) is 4.45. The molecule has 1 aromatic heterocycles. The number of hydrogen-bond donors (Lipinski definition) is 2. The fourth-order valence-electron chi connectivity index (χ4n) is 2.33. The number of methoxy groups -OCH3 is 1. The van der Waals surface area contributed by atoms with E-state index in [2.05, 4.69) is 25.8 Å². The Balaban J connectivity index is 0.00000420. The van der Waals surface area contributed by atoms with Crippen LogP contribution >= 0.6 is 24.0 Å². The van der Waals surface area contributed by atoms with Crippen LogP contribution in [0.15, 0.2) is 29.3 Å². The number of aliphatic imine (C=N–C) groups is 1. The Kier molecular flexibility index (Phi) is 10.4. The van der Waals surface area contributed by atoms with Crippen molar-refractivity contribution in [3.63, 3.8) is 0 Å². The van der Waals surface area contributed by atoms with Crippen molar-refractivity contribution in [2.24, 2.45) is 12.0 Å². The van der Waals surface area contributed by atoms with Crippen molar-refractivity contribution >= 4 is 29.9 Å². The maximum absolute atomic E-state index is 12.7. The normalized spacial score (nSPS) is 11.9. The monoisotopic (exact) mass is 526 g/mol. The molecule has 0 aliphatic carbocycles. The largest absolute Gasteiger partial charge is 0.416 e. The van der Waals surface area contributed by atoms with Crippen LogP contribution in [-0.4, -0.2) is 41.0 Å². The molecule has 2 aromatic rings. The zero-order valence-corrected chi connectivity index (χ0v) is 18.9. The minimum absolute atomic E-state index is 0. The molecule has 0 saturated carbocycles. The maximum atomic E-state index is 12.7. The van der Waals surface area contributed by atoms with Crippen molar-refractivity contribution in [3.05, 3.63) is 47.0 Å². The topological polar surface area (TPSA) is 76.4 Å². The molecule has 29 heavy (non-hydrogen) atoms. The van der Waals surface area contributed by atoms with Crippen molar-refractivity contribution in [2.45, 2.75) is 32.6 Å². The minimum Gasteiger partial charge on any atom is -0.385 e. The summed E-state index contributed by atoms with van der Waals surface area (Å²) in [6.07, 6.45) is -3.55. The number of benzene rings is 1. The van der Waals surface area contributed by atoms with Crippen LogP contribution in [0.1, 0.15) is 29.2 Å². The summed E-state index contributed by atoms with van der Waals surface area (Å²) in [5, 5.41) is 14.4. The van der Waals surface area contributed by atoms with Crippen molar-refractivity contribution < 1.29 is 17.9 Å². The molecule has 1 heterocycles. The first kappa shape index (κ1) is 25.1. The average Bonchev–Trinajstić information content (AvgIpc) is 2.98. The minimum atomic E-state index is -4.34.